The Bertz CT molecular complexity index is 1600. The summed E-state index contributed by atoms with van der Waals surface area (Å²) in [6.07, 6.45) is -7.57. The molecule has 16 N–H and O–H groups in total. The van der Waals surface area contributed by atoms with Gasteiger partial charge in [0.05, 0.1) is 25.4 Å². The standard InChI is InChI=1S/C19H26N8O13P2S2.Mo.3H2O/c20-7-1-2-27(19(31)22-7)17-11(29)10(28)5(39-17)3-36-41(32,33)40-42(34,35)37-4-6-12(43)13(44)8-16(38-6)24-14-9(23-8)15(30)26-18(21)25-14;;;;/h1-2,5-6,8-11,16-17,23,28-29,43-44H,3-4H2,(H,32,33)(H,34,35)(H2,20,22,31)(H3,21,24,25,26,30);;3*1H2/q;+2;;;/p-2/t5-,6-,8+,9?,10-,11-,16-,17-;;;;/m1..../s1. The van der Waals surface area contributed by atoms with Crippen molar-refractivity contribution in [2.45, 2.75) is 49.0 Å². The predicted molar refractivity (Wildman–Crippen MR) is 161 cm³/mol. The molecule has 1 fully saturated rings. The van der Waals surface area contributed by atoms with Crippen LogP contribution in [-0.2, 0) is 83.1 Å². The van der Waals surface area contributed by atoms with Crippen LogP contribution in [0.4, 0.5) is 5.82 Å². The van der Waals surface area contributed by atoms with Crippen molar-refractivity contribution in [1.29, 1.82) is 0 Å². The number of aliphatic hydroxyl groups excluding tert-OH is 2. The third-order valence-electron chi connectivity index (χ3n) is 6.48. The van der Waals surface area contributed by atoms with Crippen LogP contribution >= 0.6 is 15.6 Å². The molecule has 0 saturated carbocycles. The number of carbonyl (C=O) groups excluding carboxylic acids is 1. The van der Waals surface area contributed by atoms with E-state index >= 15 is 0 Å². The zero-order chi connectivity index (χ0) is 32.1. The summed E-state index contributed by atoms with van der Waals surface area (Å²) >= 11 is 10.6. The molecule has 0 radical (unpaired) electrons. The number of phosphoric acid groups is 2. The average molecular weight is 849 g/mol. The number of guanidine groups is 1. The number of carbonyl (C=O) groups is 1. The zero-order valence-corrected chi connectivity index (χ0v) is 29.1. The quantitative estimate of drug-likeness (QED) is 0.0650. The molecule has 0 spiro atoms. The van der Waals surface area contributed by atoms with Crippen LogP contribution in [0.5, 0.6) is 0 Å². The van der Waals surface area contributed by atoms with Crippen LogP contribution in [0.1, 0.15) is 6.23 Å². The van der Waals surface area contributed by atoms with Gasteiger partial charge in [-0.15, -0.1) is 0 Å². The SMILES string of the molecule is NC1=NC2=N[C@@H]3O[C@H](COP(=O)(O)OP(=O)(O)OC[C@H]4O[C@@H](n5ccc(N)nc5=O)[C@H](O)[C@@H]4O)C([S-])=C([S-])[C@@H]3NC2C(=O)N1.O.O.O.[Mo+2]. The van der Waals surface area contributed by atoms with Crippen molar-refractivity contribution in [3.8, 4) is 0 Å². The van der Waals surface area contributed by atoms with Gasteiger partial charge in [0.25, 0.3) is 5.91 Å². The van der Waals surface area contributed by atoms with Crippen molar-refractivity contribution in [3.05, 3.63) is 32.6 Å². The first kappa shape index (κ1) is 44.1. The number of fused-ring (bicyclic) bond motifs is 2. The number of nitrogens with one attached hydrogen (secondary N) is 2. The molecule has 3 unspecified atom stereocenters. The van der Waals surface area contributed by atoms with Crippen molar-refractivity contribution in [1.82, 2.24) is 20.2 Å². The Morgan fingerprint density at radius 3 is 2.25 bits per heavy atom. The predicted octanol–water partition coefficient (Wildman–Crippen LogP) is -6.57. The molecule has 48 heavy (non-hydrogen) atoms. The fraction of sp³-hybridized carbons (Fsp3) is 0.526. The summed E-state index contributed by atoms with van der Waals surface area (Å²) in [5.74, 6) is -0.815. The van der Waals surface area contributed by atoms with Gasteiger partial charge in [-0.2, -0.15) is 24.1 Å². The van der Waals surface area contributed by atoms with Crippen LogP contribution in [0.2, 0.25) is 0 Å². The second kappa shape index (κ2) is 16.9. The Labute approximate surface area is 294 Å². The molecule has 0 aliphatic carbocycles. The van der Waals surface area contributed by atoms with Gasteiger partial charge in [0.1, 0.15) is 30.2 Å². The summed E-state index contributed by atoms with van der Waals surface area (Å²) in [7, 11) is -10.7. The number of rotatable bonds is 9. The summed E-state index contributed by atoms with van der Waals surface area (Å²) in [6.45, 7) is -1.73. The first-order valence-corrected chi connectivity index (χ1v) is 16.1. The average Bonchev–Trinajstić information content (AvgIpc) is 3.20. The van der Waals surface area contributed by atoms with Crippen molar-refractivity contribution in [2.75, 3.05) is 18.9 Å². The van der Waals surface area contributed by atoms with E-state index in [0.717, 1.165) is 10.8 Å². The third kappa shape index (κ3) is 9.45. The van der Waals surface area contributed by atoms with E-state index in [2.05, 4.69) is 34.4 Å². The Hall–Kier alpha value is -1.90. The van der Waals surface area contributed by atoms with Crippen molar-refractivity contribution < 1.29 is 94.3 Å². The molecule has 5 heterocycles. The second-order valence-corrected chi connectivity index (χ2v) is 13.4. The minimum absolute atomic E-state index is 0. The number of phosphoric ester groups is 2. The number of anilines is 1. The zero-order valence-electron chi connectivity index (χ0n) is 23.7. The van der Waals surface area contributed by atoms with E-state index in [0.29, 0.717) is 0 Å². The number of nitrogens with zero attached hydrogens (tertiary/aromatic N) is 4. The van der Waals surface area contributed by atoms with Crippen LogP contribution in [0.3, 0.4) is 0 Å². The van der Waals surface area contributed by atoms with E-state index in [1.807, 2.05) is 0 Å². The number of aromatic nitrogens is 2. The van der Waals surface area contributed by atoms with Gasteiger partial charge in [-0.1, -0.05) is 0 Å². The number of nitrogen functional groups attached to an aromatic ring is 1. The first-order chi connectivity index (χ1) is 20.5. The van der Waals surface area contributed by atoms with Crippen molar-refractivity contribution in [3.63, 3.8) is 0 Å². The van der Waals surface area contributed by atoms with Gasteiger partial charge in [-0.25, -0.2) is 18.9 Å². The monoisotopic (exact) mass is 850 g/mol. The number of nitrogens with two attached hydrogens (primary N) is 2. The molecule has 1 aromatic rings. The first-order valence-electron chi connectivity index (χ1n) is 12.3. The smallest absolute Gasteiger partial charge is 0.784 e. The van der Waals surface area contributed by atoms with Gasteiger partial charge in [-0.05, 0) is 6.07 Å². The van der Waals surface area contributed by atoms with Crippen LogP contribution < -0.4 is 27.8 Å². The largest absolute Gasteiger partial charge is 2.00 e. The minimum atomic E-state index is -5.37. The number of amidine groups is 1. The van der Waals surface area contributed by atoms with Gasteiger partial charge in [0.15, 0.2) is 18.3 Å². The van der Waals surface area contributed by atoms with E-state index in [4.69, 9.17) is 50.7 Å². The number of aliphatic hydroxyl groups is 2. The molecular formula is C19H30MoN8O16P2S2. The van der Waals surface area contributed by atoms with Gasteiger partial charge in [-0.3, -0.25) is 29.0 Å². The number of aliphatic imine (C=N–C) groups is 2. The Morgan fingerprint density at radius 1 is 1.00 bits per heavy atom. The Balaban J connectivity index is 0.00000288. The molecule has 0 aromatic carbocycles. The fourth-order valence-corrected chi connectivity index (χ4v) is 7.09. The van der Waals surface area contributed by atoms with E-state index in [1.165, 1.54) is 6.07 Å². The van der Waals surface area contributed by atoms with Gasteiger partial charge in [0, 0.05) is 6.20 Å². The summed E-state index contributed by atoms with van der Waals surface area (Å²) in [5, 5.41) is 25.8. The van der Waals surface area contributed by atoms with Crippen molar-refractivity contribution in [2.24, 2.45) is 15.7 Å². The second-order valence-electron chi connectivity index (χ2n) is 9.49. The minimum Gasteiger partial charge on any atom is -0.784 e. The topological polar surface area (TPSA) is 408 Å². The number of hydrogen-bond acceptors (Lipinski definition) is 19. The number of amides is 1. The van der Waals surface area contributed by atoms with E-state index in [9.17, 15) is 38.7 Å². The Morgan fingerprint density at radius 2 is 1.62 bits per heavy atom. The fourth-order valence-electron chi connectivity index (χ4n) is 4.45. The molecule has 0 bridgehead atoms. The molecule has 1 saturated heterocycles. The normalized spacial score (nSPS) is 31.7. The molecule has 1 aromatic heterocycles. The molecule has 24 nitrogen and oxygen atoms in total. The maximum absolute atomic E-state index is 12.5. The van der Waals surface area contributed by atoms with Gasteiger partial charge in [0.2, 0.25) is 5.96 Å². The third-order valence-corrected chi connectivity index (χ3v) is 10.2. The molecule has 4 aliphatic heterocycles. The van der Waals surface area contributed by atoms with Gasteiger partial charge >= 0.3 is 42.4 Å². The molecule has 4 aliphatic rings. The van der Waals surface area contributed by atoms with Crippen LogP contribution in [0.25, 0.3) is 0 Å². The summed E-state index contributed by atoms with van der Waals surface area (Å²) in [6, 6.07) is -0.574. The maximum Gasteiger partial charge on any atom is 2.00 e. The summed E-state index contributed by atoms with van der Waals surface area (Å²) < 4.78 is 50.6. The van der Waals surface area contributed by atoms with Crippen LogP contribution in [0.15, 0.2) is 36.9 Å². The summed E-state index contributed by atoms with van der Waals surface area (Å²) in [5.41, 5.74) is 10.1. The maximum atomic E-state index is 12.5. The van der Waals surface area contributed by atoms with Crippen LogP contribution in [-0.4, -0.2) is 120 Å². The van der Waals surface area contributed by atoms with Crippen LogP contribution in [0, 0.1) is 0 Å². The summed E-state index contributed by atoms with van der Waals surface area (Å²) in [4.78, 5) is 56.1. The molecule has 1 amide bonds. The molecule has 29 heteroatoms. The van der Waals surface area contributed by atoms with Gasteiger partial charge < -0.3 is 82.6 Å². The molecule has 270 valence electrons. The van der Waals surface area contributed by atoms with E-state index in [1.54, 1.807) is 0 Å². The van der Waals surface area contributed by atoms with E-state index in [-0.39, 0.29) is 64.9 Å². The number of hydrogen-bond donors (Lipinski definition) is 8. The Kier molecular flexibility index (Phi) is 15.5. The molecule has 5 rings (SSSR count). The molecular weight excluding hydrogens is 818 g/mol. The molecule has 10 atom stereocenters. The van der Waals surface area contributed by atoms with Crippen molar-refractivity contribution >= 4 is 64.4 Å². The number of ether oxygens (including phenoxy) is 2. The van der Waals surface area contributed by atoms with E-state index < -0.39 is 89.4 Å².